The van der Waals surface area contributed by atoms with Crippen LogP contribution in [0.5, 0.6) is 0 Å². The van der Waals surface area contributed by atoms with Crippen molar-refractivity contribution in [2.45, 2.75) is 18.9 Å². The van der Waals surface area contributed by atoms with E-state index < -0.39 is 0 Å². The molecule has 3 N–H and O–H groups in total. The summed E-state index contributed by atoms with van der Waals surface area (Å²) in [6, 6.07) is 8.26. The molecule has 9 heteroatoms. The van der Waals surface area contributed by atoms with Crippen molar-refractivity contribution >= 4 is 33.5 Å². The number of hydrogen-bond acceptors (Lipinski definition) is 6. The van der Waals surface area contributed by atoms with Crippen LogP contribution < -0.4 is 10.6 Å². The second-order valence-electron chi connectivity index (χ2n) is 8.26. The normalized spacial score (nSPS) is 14.7. The van der Waals surface area contributed by atoms with Crippen LogP contribution in [0.1, 0.15) is 29.2 Å². The molecule has 5 aromatic rings. The largest absolute Gasteiger partial charge is 0.346 e. The molecule has 4 aromatic heterocycles. The van der Waals surface area contributed by atoms with E-state index in [4.69, 9.17) is 0 Å². The van der Waals surface area contributed by atoms with E-state index in [0.717, 1.165) is 59.0 Å². The summed E-state index contributed by atoms with van der Waals surface area (Å²) in [4.78, 5) is 29.0. The summed E-state index contributed by atoms with van der Waals surface area (Å²) in [6.07, 6.45) is 12.5. The van der Waals surface area contributed by atoms with Gasteiger partial charge in [-0.2, -0.15) is 5.10 Å². The van der Waals surface area contributed by atoms with E-state index in [2.05, 4.69) is 35.7 Å². The van der Waals surface area contributed by atoms with Crippen molar-refractivity contribution in [2.75, 3.05) is 18.4 Å². The summed E-state index contributed by atoms with van der Waals surface area (Å²) in [5.41, 5.74) is 4.76. The lowest BCUT2D eigenvalue weighted by Gasteiger charge is -2.22. The first-order valence-corrected chi connectivity index (χ1v) is 11.0. The molecule has 1 aliphatic heterocycles. The lowest BCUT2D eigenvalue weighted by Crippen LogP contribution is -2.29. The van der Waals surface area contributed by atoms with Crippen LogP contribution in [-0.4, -0.2) is 48.7 Å². The zero-order chi connectivity index (χ0) is 22.2. The zero-order valence-corrected chi connectivity index (χ0v) is 17.8. The summed E-state index contributed by atoms with van der Waals surface area (Å²) < 4.78 is 1.95. The molecular formula is C24H22N8O. The second-order valence-corrected chi connectivity index (χ2v) is 8.26. The van der Waals surface area contributed by atoms with Gasteiger partial charge in [0.05, 0.1) is 29.0 Å². The third kappa shape index (κ3) is 3.72. The Hall–Kier alpha value is -4.11. The van der Waals surface area contributed by atoms with Crippen molar-refractivity contribution in [1.29, 1.82) is 0 Å². The average molecular weight is 438 g/mol. The second kappa shape index (κ2) is 8.10. The number of pyridine rings is 1. The number of nitrogens with zero attached hydrogens (tertiary/aromatic N) is 5. The van der Waals surface area contributed by atoms with E-state index in [-0.39, 0.29) is 5.91 Å². The number of carbonyl (C=O) groups is 1. The third-order valence-corrected chi connectivity index (χ3v) is 6.15. The van der Waals surface area contributed by atoms with E-state index in [9.17, 15) is 4.79 Å². The zero-order valence-electron chi connectivity index (χ0n) is 17.8. The molecule has 164 valence electrons. The number of anilines is 1. The monoisotopic (exact) mass is 438 g/mol. The van der Waals surface area contributed by atoms with Crippen LogP contribution in [0.15, 0.2) is 61.6 Å². The summed E-state index contributed by atoms with van der Waals surface area (Å²) in [5.74, 6) is -0.215. The van der Waals surface area contributed by atoms with E-state index in [1.165, 1.54) is 0 Å². The fourth-order valence-corrected chi connectivity index (χ4v) is 4.40. The Bertz CT molecular complexity index is 1460. The first kappa shape index (κ1) is 19.6. The quantitative estimate of drug-likeness (QED) is 0.396. The van der Waals surface area contributed by atoms with Crippen LogP contribution in [0, 0.1) is 0 Å². The molecule has 1 saturated heterocycles. The van der Waals surface area contributed by atoms with Gasteiger partial charge in [-0.1, -0.05) is 6.07 Å². The van der Waals surface area contributed by atoms with E-state index >= 15 is 0 Å². The number of H-pyrrole nitrogens is 1. The first-order valence-electron chi connectivity index (χ1n) is 11.0. The Labute approximate surface area is 189 Å². The lowest BCUT2D eigenvalue weighted by molar-refractivity contribution is 0.102. The van der Waals surface area contributed by atoms with Gasteiger partial charge in [0.25, 0.3) is 5.91 Å². The number of piperidine rings is 1. The molecule has 1 aliphatic rings. The van der Waals surface area contributed by atoms with Crippen LogP contribution in [0.2, 0.25) is 0 Å². The van der Waals surface area contributed by atoms with Gasteiger partial charge < -0.3 is 15.6 Å². The number of aromatic nitrogens is 6. The number of fused-ring (bicyclic) bond motifs is 2. The fourth-order valence-electron chi connectivity index (χ4n) is 4.40. The first-order chi connectivity index (χ1) is 16.2. The minimum atomic E-state index is -0.215. The highest BCUT2D eigenvalue weighted by Crippen LogP contribution is 2.30. The molecule has 1 amide bonds. The smallest absolute Gasteiger partial charge is 0.257 e. The summed E-state index contributed by atoms with van der Waals surface area (Å²) >= 11 is 0. The summed E-state index contributed by atoms with van der Waals surface area (Å²) in [7, 11) is 0. The Morgan fingerprint density at radius 1 is 1.09 bits per heavy atom. The van der Waals surface area contributed by atoms with Gasteiger partial charge in [-0.25, -0.2) is 15.0 Å². The van der Waals surface area contributed by atoms with Crippen molar-refractivity contribution < 1.29 is 4.79 Å². The number of hydrogen-bond donors (Lipinski definition) is 3. The number of benzene rings is 1. The molecule has 0 aliphatic carbocycles. The van der Waals surface area contributed by atoms with E-state index in [1.54, 1.807) is 24.9 Å². The maximum Gasteiger partial charge on any atom is 0.257 e. The van der Waals surface area contributed by atoms with Gasteiger partial charge in [-0.15, -0.1) is 0 Å². The number of amides is 1. The van der Waals surface area contributed by atoms with E-state index in [0.29, 0.717) is 17.3 Å². The van der Waals surface area contributed by atoms with Gasteiger partial charge in [-0.05, 0) is 49.7 Å². The van der Waals surface area contributed by atoms with Crippen molar-refractivity contribution in [3.63, 3.8) is 0 Å². The Morgan fingerprint density at radius 3 is 2.91 bits per heavy atom. The maximum absolute atomic E-state index is 13.0. The van der Waals surface area contributed by atoms with Gasteiger partial charge >= 0.3 is 0 Å². The number of aromatic amines is 1. The van der Waals surface area contributed by atoms with Crippen LogP contribution in [0.25, 0.3) is 33.1 Å². The third-order valence-electron chi connectivity index (χ3n) is 6.15. The summed E-state index contributed by atoms with van der Waals surface area (Å²) in [6.45, 7) is 1.97. The minimum absolute atomic E-state index is 0.215. The standard InChI is InChI=1S/C24H22N8O/c33-24(31-18-11-30-32(13-18)19-3-5-25-6-4-19)17-8-20-21(12-28-23(20)27-10-17)15-1-2-22-16(7-15)9-26-14-29-22/h1-2,7-14,19,25H,3-6H2,(H,27,28)(H,31,33). The molecule has 0 radical (unpaired) electrons. The molecule has 0 spiro atoms. The molecule has 33 heavy (non-hydrogen) atoms. The van der Waals surface area contributed by atoms with Crippen molar-refractivity contribution in [3.8, 4) is 11.1 Å². The van der Waals surface area contributed by atoms with E-state index in [1.807, 2.05) is 41.3 Å². The maximum atomic E-state index is 13.0. The average Bonchev–Trinajstić information content (AvgIpc) is 3.51. The molecule has 0 atom stereocenters. The van der Waals surface area contributed by atoms with Crippen molar-refractivity contribution in [1.82, 2.24) is 35.0 Å². The van der Waals surface area contributed by atoms with Gasteiger partial charge in [0.2, 0.25) is 0 Å². The highest BCUT2D eigenvalue weighted by molar-refractivity contribution is 6.07. The van der Waals surface area contributed by atoms with Crippen molar-refractivity contribution in [3.05, 3.63) is 67.1 Å². The number of nitrogens with one attached hydrogen (secondary N) is 3. The highest BCUT2D eigenvalue weighted by Gasteiger charge is 2.17. The Morgan fingerprint density at radius 2 is 2.00 bits per heavy atom. The molecule has 9 nitrogen and oxygen atoms in total. The van der Waals surface area contributed by atoms with Crippen LogP contribution in [0.4, 0.5) is 5.69 Å². The number of carbonyl (C=O) groups excluding carboxylic acids is 1. The molecular weight excluding hydrogens is 416 g/mol. The fraction of sp³-hybridized carbons (Fsp3) is 0.208. The topological polar surface area (TPSA) is 113 Å². The van der Waals surface area contributed by atoms with Gasteiger partial charge in [0.15, 0.2) is 0 Å². The molecule has 5 heterocycles. The van der Waals surface area contributed by atoms with Crippen LogP contribution in [-0.2, 0) is 0 Å². The predicted octanol–water partition coefficient (Wildman–Crippen LogP) is 3.55. The minimum Gasteiger partial charge on any atom is -0.346 e. The molecule has 1 aromatic carbocycles. The number of rotatable bonds is 4. The van der Waals surface area contributed by atoms with Crippen LogP contribution in [0.3, 0.4) is 0 Å². The Kier molecular flexibility index (Phi) is 4.80. The molecule has 0 unspecified atom stereocenters. The Balaban J connectivity index is 1.27. The predicted molar refractivity (Wildman–Crippen MR) is 126 cm³/mol. The molecule has 0 saturated carbocycles. The van der Waals surface area contributed by atoms with Gasteiger partial charge in [0, 0.05) is 41.1 Å². The SMILES string of the molecule is O=C(Nc1cnn(C2CCNCC2)c1)c1cnc2[nH]cc(-c3ccc4ncncc4c3)c2c1. The van der Waals surface area contributed by atoms with Gasteiger partial charge in [0.1, 0.15) is 12.0 Å². The molecule has 1 fully saturated rings. The summed E-state index contributed by atoms with van der Waals surface area (Å²) in [5, 5.41) is 12.6. The lowest BCUT2D eigenvalue weighted by atomic mass is 10.0. The molecule has 0 bridgehead atoms. The van der Waals surface area contributed by atoms with Crippen LogP contribution >= 0.6 is 0 Å². The highest BCUT2D eigenvalue weighted by atomic mass is 16.1. The van der Waals surface area contributed by atoms with Gasteiger partial charge in [-0.3, -0.25) is 9.48 Å². The molecule has 6 rings (SSSR count). The van der Waals surface area contributed by atoms with Crippen molar-refractivity contribution in [2.24, 2.45) is 0 Å².